The fourth-order valence-corrected chi connectivity index (χ4v) is 3.29. The van der Waals surface area contributed by atoms with Crippen LogP contribution in [0.5, 0.6) is 0 Å². The van der Waals surface area contributed by atoms with Crippen LogP contribution in [0.4, 0.5) is 10.8 Å². The summed E-state index contributed by atoms with van der Waals surface area (Å²) in [5.41, 5.74) is 3.74. The Morgan fingerprint density at radius 2 is 1.92 bits per heavy atom. The third-order valence-corrected chi connectivity index (χ3v) is 4.45. The van der Waals surface area contributed by atoms with Crippen LogP contribution in [0.15, 0.2) is 23.6 Å². The lowest BCUT2D eigenvalue weighted by molar-refractivity contribution is -0.119. The fourth-order valence-electron chi connectivity index (χ4n) is 2.42. The summed E-state index contributed by atoms with van der Waals surface area (Å²) in [5, 5.41) is 8.11. The Balaban J connectivity index is 2.21. The van der Waals surface area contributed by atoms with Crippen molar-refractivity contribution in [1.29, 1.82) is 0 Å². The minimum absolute atomic E-state index is 0.0772. The van der Waals surface area contributed by atoms with Crippen LogP contribution in [-0.2, 0) is 16.1 Å². The number of hydrogen-bond acceptors (Lipinski definition) is 5. The highest BCUT2D eigenvalue weighted by molar-refractivity contribution is 7.14. The lowest BCUT2D eigenvalue weighted by atomic mass is 10.1. The molecule has 2 rings (SSSR count). The van der Waals surface area contributed by atoms with Crippen molar-refractivity contribution in [1.82, 2.24) is 15.6 Å². The number of para-hydroxylation sites is 1. The maximum Gasteiger partial charge on any atom is 0.233 e. The van der Waals surface area contributed by atoms with Gasteiger partial charge in [0.05, 0.1) is 17.9 Å². The van der Waals surface area contributed by atoms with Crippen molar-refractivity contribution in [2.45, 2.75) is 27.3 Å². The van der Waals surface area contributed by atoms with E-state index in [-0.39, 0.29) is 18.4 Å². The van der Waals surface area contributed by atoms with Crippen molar-refractivity contribution in [3.8, 4) is 0 Å². The summed E-state index contributed by atoms with van der Waals surface area (Å²) in [6, 6.07) is 5.94. The van der Waals surface area contributed by atoms with E-state index in [4.69, 9.17) is 0 Å². The third-order valence-electron chi connectivity index (χ3n) is 3.58. The molecular formula is C17H22N4O2S. The highest BCUT2D eigenvalue weighted by atomic mass is 32.1. The van der Waals surface area contributed by atoms with Gasteiger partial charge in [-0.25, -0.2) is 4.98 Å². The third kappa shape index (κ3) is 4.18. The molecule has 0 aliphatic heterocycles. The molecule has 1 aromatic heterocycles. The van der Waals surface area contributed by atoms with Crippen molar-refractivity contribution in [3.63, 3.8) is 0 Å². The van der Waals surface area contributed by atoms with E-state index in [0.29, 0.717) is 11.7 Å². The molecule has 24 heavy (non-hydrogen) atoms. The molecule has 1 aromatic carbocycles. The number of amides is 2. The molecule has 0 atom stereocenters. The number of anilines is 2. The predicted octanol–water partition coefficient (Wildman–Crippen LogP) is 2.28. The summed E-state index contributed by atoms with van der Waals surface area (Å²) in [6.07, 6.45) is 0. The first kappa shape index (κ1) is 18.1. The van der Waals surface area contributed by atoms with E-state index in [1.165, 1.54) is 18.3 Å². The number of aryl methyl sites for hydroxylation is 2. The number of thiazole rings is 1. The standard InChI is InChI=1S/C17H22N4O2S/c1-11-6-5-7-12(2)16(11)21(13(3)22)17-20-14(10-24-17)8-19-9-15(23)18-4/h5-7,10,19H,8-9H2,1-4H3,(H,18,23). The van der Waals surface area contributed by atoms with Crippen LogP contribution in [0.2, 0.25) is 0 Å². The Morgan fingerprint density at radius 3 is 2.50 bits per heavy atom. The fraction of sp³-hybridized carbons (Fsp3) is 0.353. The van der Waals surface area contributed by atoms with Gasteiger partial charge in [-0.05, 0) is 25.0 Å². The number of benzene rings is 1. The molecule has 2 aromatic rings. The Bertz CT molecular complexity index is 722. The highest BCUT2D eigenvalue weighted by Crippen LogP contribution is 2.33. The number of hydrogen-bond donors (Lipinski definition) is 2. The average Bonchev–Trinajstić information content (AvgIpc) is 2.98. The predicted molar refractivity (Wildman–Crippen MR) is 96.6 cm³/mol. The van der Waals surface area contributed by atoms with Crippen molar-refractivity contribution in [3.05, 3.63) is 40.4 Å². The van der Waals surface area contributed by atoms with Crippen LogP contribution in [0.3, 0.4) is 0 Å². The first-order chi connectivity index (χ1) is 11.4. The average molecular weight is 346 g/mol. The number of aromatic nitrogens is 1. The van der Waals surface area contributed by atoms with Gasteiger partial charge in [-0.3, -0.25) is 14.5 Å². The van der Waals surface area contributed by atoms with Gasteiger partial charge in [-0.15, -0.1) is 11.3 Å². The Morgan fingerprint density at radius 1 is 1.25 bits per heavy atom. The highest BCUT2D eigenvalue weighted by Gasteiger charge is 2.21. The lowest BCUT2D eigenvalue weighted by Gasteiger charge is -2.22. The smallest absolute Gasteiger partial charge is 0.233 e. The van der Waals surface area contributed by atoms with Crippen LogP contribution in [0.1, 0.15) is 23.7 Å². The van der Waals surface area contributed by atoms with E-state index >= 15 is 0 Å². The Kier molecular flexibility index (Phi) is 6.05. The summed E-state index contributed by atoms with van der Waals surface area (Å²) in [5.74, 6) is -0.155. The van der Waals surface area contributed by atoms with E-state index < -0.39 is 0 Å². The van der Waals surface area contributed by atoms with Crippen LogP contribution >= 0.6 is 11.3 Å². The van der Waals surface area contributed by atoms with Crippen molar-refractivity contribution >= 4 is 34.0 Å². The normalized spacial score (nSPS) is 10.5. The molecule has 0 aliphatic carbocycles. The van der Waals surface area contributed by atoms with Gasteiger partial charge < -0.3 is 10.6 Å². The minimum Gasteiger partial charge on any atom is -0.358 e. The molecule has 0 saturated heterocycles. The molecule has 2 amide bonds. The summed E-state index contributed by atoms with van der Waals surface area (Å²) < 4.78 is 0. The molecule has 7 heteroatoms. The van der Waals surface area contributed by atoms with Gasteiger partial charge in [0.15, 0.2) is 5.13 Å². The van der Waals surface area contributed by atoms with Crippen molar-refractivity contribution in [2.75, 3.05) is 18.5 Å². The maximum absolute atomic E-state index is 12.2. The number of nitrogens with one attached hydrogen (secondary N) is 2. The second-order valence-corrected chi connectivity index (χ2v) is 6.33. The second-order valence-electron chi connectivity index (χ2n) is 5.49. The molecule has 0 aliphatic rings. The molecule has 0 bridgehead atoms. The zero-order valence-corrected chi connectivity index (χ0v) is 15.2. The molecule has 128 valence electrons. The zero-order chi connectivity index (χ0) is 17.7. The topological polar surface area (TPSA) is 74.3 Å². The summed E-state index contributed by atoms with van der Waals surface area (Å²) in [7, 11) is 1.60. The van der Waals surface area contributed by atoms with E-state index in [1.807, 2.05) is 37.4 Å². The number of carbonyl (C=O) groups excluding carboxylic acids is 2. The van der Waals surface area contributed by atoms with Crippen LogP contribution in [0, 0.1) is 13.8 Å². The van der Waals surface area contributed by atoms with E-state index in [2.05, 4.69) is 15.6 Å². The van der Waals surface area contributed by atoms with Crippen LogP contribution in [0.25, 0.3) is 0 Å². The first-order valence-corrected chi connectivity index (χ1v) is 8.54. The lowest BCUT2D eigenvalue weighted by Crippen LogP contribution is -2.31. The van der Waals surface area contributed by atoms with Crippen LogP contribution < -0.4 is 15.5 Å². The first-order valence-electron chi connectivity index (χ1n) is 7.66. The van der Waals surface area contributed by atoms with Crippen LogP contribution in [-0.4, -0.2) is 30.4 Å². The van der Waals surface area contributed by atoms with E-state index in [9.17, 15) is 9.59 Å². The van der Waals surface area contributed by atoms with Gasteiger partial charge in [-0.2, -0.15) is 0 Å². The molecule has 2 N–H and O–H groups in total. The Labute approximate surface area is 145 Å². The summed E-state index contributed by atoms with van der Waals surface area (Å²) in [6.45, 7) is 6.21. The number of likely N-dealkylation sites (N-methyl/N-ethyl adjacent to an activating group) is 1. The number of carbonyl (C=O) groups is 2. The summed E-state index contributed by atoms with van der Waals surface area (Å²) >= 11 is 1.42. The summed E-state index contributed by atoms with van der Waals surface area (Å²) in [4.78, 5) is 29.6. The number of rotatable bonds is 6. The minimum atomic E-state index is -0.0775. The molecule has 0 spiro atoms. The molecule has 0 saturated carbocycles. The zero-order valence-electron chi connectivity index (χ0n) is 14.3. The Hall–Kier alpha value is -2.25. The van der Waals surface area contributed by atoms with E-state index in [1.54, 1.807) is 11.9 Å². The second kappa shape index (κ2) is 8.03. The quantitative estimate of drug-likeness (QED) is 0.841. The molecule has 0 radical (unpaired) electrons. The van der Waals surface area contributed by atoms with Gasteiger partial charge >= 0.3 is 0 Å². The molecule has 1 heterocycles. The van der Waals surface area contributed by atoms with Gasteiger partial charge in [0.25, 0.3) is 0 Å². The van der Waals surface area contributed by atoms with Gasteiger partial charge in [0, 0.05) is 25.9 Å². The molecule has 0 unspecified atom stereocenters. The largest absolute Gasteiger partial charge is 0.358 e. The molecule has 0 fully saturated rings. The van der Waals surface area contributed by atoms with Crippen molar-refractivity contribution < 1.29 is 9.59 Å². The maximum atomic E-state index is 12.2. The van der Waals surface area contributed by atoms with Gasteiger partial charge in [0.2, 0.25) is 11.8 Å². The SMILES string of the molecule is CNC(=O)CNCc1csc(N(C(C)=O)c2c(C)cccc2C)n1. The molecular weight excluding hydrogens is 324 g/mol. The molecule has 6 nitrogen and oxygen atoms in total. The number of nitrogens with zero attached hydrogens (tertiary/aromatic N) is 2. The van der Waals surface area contributed by atoms with Gasteiger partial charge in [0.1, 0.15) is 0 Å². The van der Waals surface area contributed by atoms with Gasteiger partial charge in [-0.1, -0.05) is 18.2 Å². The van der Waals surface area contributed by atoms with E-state index in [0.717, 1.165) is 22.5 Å². The monoisotopic (exact) mass is 346 g/mol. The van der Waals surface area contributed by atoms with Crippen molar-refractivity contribution in [2.24, 2.45) is 0 Å².